The standard InChI is InChI=1S/C12H16N4/c1-9-11(8-15-16-9)7-14-10(2)12-5-3-4-6-13-12/h3-6,8,10,14H,7H2,1-2H3,(H,15,16)/t10-/m0/s1. The topological polar surface area (TPSA) is 53.6 Å². The second-order valence-corrected chi connectivity index (χ2v) is 3.88. The van der Waals surface area contributed by atoms with Gasteiger partial charge in [0, 0.05) is 30.0 Å². The van der Waals surface area contributed by atoms with Gasteiger partial charge in [0.25, 0.3) is 0 Å². The van der Waals surface area contributed by atoms with Gasteiger partial charge in [0.15, 0.2) is 0 Å². The van der Waals surface area contributed by atoms with Crippen LogP contribution in [0.3, 0.4) is 0 Å². The summed E-state index contributed by atoms with van der Waals surface area (Å²) < 4.78 is 0. The Morgan fingerprint density at radius 1 is 1.44 bits per heavy atom. The minimum absolute atomic E-state index is 0.246. The Morgan fingerprint density at radius 2 is 2.31 bits per heavy atom. The van der Waals surface area contributed by atoms with Crippen molar-refractivity contribution in [3.8, 4) is 0 Å². The van der Waals surface area contributed by atoms with E-state index in [1.165, 1.54) is 5.56 Å². The summed E-state index contributed by atoms with van der Waals surface area (Å²) in [5.41, 5.74) is 3.37. The van der Waals surface area contributed by atoms with Crippen LogP contribution in [-0.2, 0) is 6.54 Å². The van der Waals surface area contributed by atoms with Crippen molar-refractivity contribution >= 4 is 0 Å². The van der Waals surface area contributed by atoms with Crippen molar-refractivity contribution in [2.24, 2.45) is 0 Å². The second-order valence-electron chi connectivity index (χ2n) is 3.88. The Hall–Kier alpha value is -1.68. The predicted octanol–water partition coefficient (Wildman–Crippen LogP) is 1.96. The lowest BCUT2D eigenvalue weighted by Crippen LogP contribution is -2.19. The number of H-pyrrole nitrogens is 1. The zero-order chi connectivity index (χ0) is 11.4. The first kappa shape index (κ1) is 10.8. The average Bonchev–Trinajstić information content (AvgIpc) is 2.73. The van der Waals surface area contributed by atoms with E-state index in [4.69, 9.17) is 0 Å². The minimum atomic E-state index is 0.246. The van der Waals surface area contributed by atoms with Crippen molar-refractivity contribution in [1.29, 1.82) is 0 Å². The number of aromatic nitrogens is 3. The molecule has 0 saturated carbocycles. The molecule has 2 rings (SSSR count). The second kappa shape index (κ2) is 4.90. The quantitative estimate of drug-likeness (QED) is 0.821. The van der Waals surface area contributed by atoms with E-state index < -0.39 is 0 Å². The summed E-state index contributed by atoms with van der Waals surface area (Å²) in [6.07, 6.45) is 3.67. The normalized spacial score (nSPS) is 12.6. The summed E-state index contributed by atoms with van der Waals surface area (Å²) in [4.78, 5) is 4.32. The lowest BCUT2D eigenvalue weighted by molar-refractivity contribution is 0.560. The van der Waals surface area contributed by atoms with E-state index in [2.05, 4.69) is 27.4 Å². The van der Waals surface area contributed by atoms with Crippen molar-refractivity contribution < 1.29 is 0 Å². The summed E-state index contributed by atoms with van der Waals surface area (Å²) in [7, 11) is 0. The maximum Gasteiger partial charge on any atom is 0.0570 e. The largest absolute Gasteiger partial charge is 0.305 e. The van der Waals surface area contributed by atoms with Crippen LogP contribution < -0.4 is 5.32 Å². The van der Waals surface area contributed by atoms with Gasteiger partial charge in [-0.25, -0.2) is 0 Å². The lowest BCUT2D eigenvalue weighted by Gasteiger charge is -2.12. The molecule has 4 heteroatoms. The molecule has 16 heavy (non-hydrogen) atoms. The van der Waals surface area contributed by atoms with E-state index in [0.717, 1.165) is 17.9 Å². The number of pyridine rings is 1. The van der Waals surface area contributed by atoms with Crippen molar-refractivity contribution in [2.45, 2.75) is 26.4 Å². The summed E-state index contributed by atoms with van der Waals surface area (Å²) in [6, 6.07) is 6.20. The van der Waals surface area contributed by atoms with Gasteiger partial charge in [0.2, 0.25) is 0 Å². The van der Waals surface area contributed by atoms with Crippen molar-refractivity contribution in [3.63, 3.8) is 0 Å². The van der Waals surface area contributed by atoms with E-state index in [1.807, 2.05) is 37.5 Å². The molecule has 0 aromatic carbocycles. The molecule has 2 aromatic rings. The van der Waals surface area contributed by atoms with E-state index in [-0.39, 0.29) is 6.04 Å². The maximum absolute atomic E-state index is 4.32. The Kier molecular flexibility index (Phi) is 3.31. The first-order chi connectivity index (χ1) is 7.77. The molecule has 4 nitrogen and oxygen atoms in total. The fourth-order valence-electron chi connectivity index (χ4n) is 1.55. The van der Waals surface area contributed by atoms with Gasteiger partial charge in [0.1, 0.15) is 0 Å². The Morgan fingerprint density at radius 3 is 2.94 bits per heavy atom. The smallest absolute Gasteiger partial charge is 0.0570 e. The van der Waals surface area contributed by atoms with Crippen LogP contribution in [0.25, 0.3) is 0 Å². The van der Waals surface area contributed by atoms with E-state index in [1.54, 1.807) is 0 Å². The molecule has 0 saturated heterocycles. The molecule has 0 aliphatic heterocycles. The number of nitrogens with zero attached hydrogens (tertiary/aromatic N) is 2. The Labute approximate surface area is 95.1 Å². The van der Waals surface area contributed by atoms with Gasteiger partial charge >= 0.3 is 0 Å². The highest BCUT2D eigenvalue weighted by atomic mass is 15.1. The van der Waals surface area contributed by atoms with Crippen LogP contribution in [0.2, 0.25) is 0 Å². The molecule has 1 atom stereocenters. The van der Waals surface area contributed by atoms with Crippen LogP contribution in [0.15, 0.2) is 30.6 Å². The van der Waals surface area contributed by atoms with Crippen LogP contribution in [0.5, 0.6) is 0 Å². The van der Waals surface area contributed by atoms with Crippen molar-refractivity contribution in [1.82, 2.24) is 20.5 Å². The fraction of sp³-hybridized carbons (Fsp3) is 0.333. The summed E-state index contributed by atoms with van der Waals surface area (Å²) in [5, 5.41) is 10.3. The highest BCUT2D eigenvalue weighted by Crippen LogP contribution is 2.10. The molecule has 0 spiro atoms. The molecule has 0 radical (unpaired) electrons. The minimum Gasteiger partial charge on any atom is -0.305 e. The molecule has 0 unspecified atom stereocenters. The van der Waals surface area contributed by atoms with E-state index in [9.17, 15) is 0 Å². The average molecular weight is 216 g/mol. The zero-order valence-corrected chi connectivity index (χ0v) is 9.57. The van der Waals surface area contributed by atoms with Gasteiger partial charge in [-0.1, -0.05) is 6.07 Å². The van der Waals surface area contributed by atoms with Crippen molar-refractivity contribution in [2.75, 3.05) is 0 Å². The maximum atomic E-state index is 4.32. The Balaban J connectivity index is 1.94. The molecule has 0 fully saturated rings. The number of hydrogen-bond acceptors (Lipinski definition) is 3. The number of nitrogens with one attached hydrogen (secondary N) is 2. The van der Waals surface area contributed by atoms with E-state index in [0.29, 0.717) is 0 Å². The molecule has 0 bridgehead atoms. The Bertz CT molecular complexity index is 435. The van der Waals surface area contributed by atoms with Crippen LogP contribution >= 0.6 is 0 Å². The van der Waals surface area contributed by atoms with Gasteiger partial charge in [-0.05, 0) is 26.0 Å². The number of aromatic amines is 1. The zero-order valence-electron chi connectivity index (χ0n) is 9.57. The molecule has 0 aliphatic carbocycles. The monoisotopic (exact) mass is 216 g/mol. The summed E-state index contributed by atoms with van der Waals surface area (Å²) in [5.74, 6) is 0. The number of rotatable bonds is 4. The molecule has 2 N–H and O–H groups in total. The SMILES string of the molecule is Cc1[nH]ncc1CN[C@@H](C)c1ccccn1. The predicted molar refractivity (Wildman–Crippen MR) is 62.8 cm³/mol. The summed E-state index contributed by atoms with van der Waals surface area (Å²) in [6.45, 7) is 4.94. The first-order valence-corrected chi connectivity index (χ1v) is 5.40. The number of aryl methyl sites for hydroxylation is 1. The molecular formula is C12H16N4. The number of hydrogen-bond donors (Lipinski definition) is 2. The van der Waals surface area contributed by atoms with Gasteiger partial charge < -0.3 is 5.32 Å². The first-order valence-electron chi connectivity index (χ1n) is 5.40. The molecule has 2 aromatic heterocycles. The van der Waals surface area contributed by atoms with Gasteiger partial charge in [-0.3, -0.25) is 10.1 Å². The third-order valence-electron chi connectivity index (χ3n) is 2.66. The van der Waals surface area contributed by atoms with Gasteiger partial charge in [0.05, 0.1) is 11.9 Å². The molecule has 2 heterocycles. The highest BCUT2D eigenvalue weighted by molar-refractivity contribution is 5.15. The third-order valence-corrected chi connectivity index (χ3v) is 2.66. The van der Waals surface area contributed by atoms with Crippen molar-refractivity contribution in [3.05, 3.63) is 47.5 Å². The van der Waals surface area contributed by atoms with Gasteiger partial charge in [-0.2, -0.15) is 5.10 Å². The van der Waals surface area contributed by atoms with Gasteiger partial charge in [-0.15, -0.1) is 0 Å². The molecule has 84 valence electrons. The fourth-order valence-corrected chi connectivity index (χ4v) is 1.55. The molecule has 0 amide bonds. The lowest BCUT2D eigenvalue weighted by atomic mass is 10.2. The van der Waals surface area contributed by atoms with Crippen LogP contribution in [0, 0.1) is 6.92 Å². The summed E-state index contributed by atoms with van der Waals surface area (Å²) >= 11 is 0. The third kappa shape index (κ3) is 2.46. The van der Waals surface area contributed by atoms with Crippen LogP contribution in [-0.4, -0.2) is 15.2 Å². The van der Waals surface area contributed by atoms with E-state index >= 15 is 0 Å². The van der Waals surface area contributed by atoms with Crippen LogP contribution in [0.4, 0.5) is 0 Å². The highest BCUT2D eigenvalue weighted by Gasteiger charge is 2.06. The van der Waals surface area contributed by atoms with Crippen LogP contribution in [0.1, 0.15) is 29.9 Å². The molecular weight excluding hydrogens is 200 g/mol. The molecule has 0 aliphatic rings.